The van der Waals surface area contributed by atoms with Gasteiger partial charge in [0.2, 0.25) is 0 Å². The Balaban J connectivity index is 2.09. The highest BCUT2D eigenvalue weighted by Crippen LogP contribution is 2.22. The molecule has 0 radical (unpaired) electrons. The van der Waals surface area contributed by atoms with Crippen molar-refractivity contribution in [2.24, 2.45) is 0 Å². The van der Waals surface area contributed by atoms with E-state index in [1.807, 2.05) is 18.2 Å². The first-order valence-electron chi connectivity index (χ1n) is 6.90. The average Bonchev–Trinajstić information content (AvgIpc) is 2.42. The van der Waals surface area contributed by atoms with Crippen LogP contribution in [-0.4, -0.2) is 41.7 Å². The minimum atomic E-state index is -0.757. The summed E-state index contributed by atoms with van der Waals surface area (Å²) in [7, 11) is 1.73. The zero-order valence-electron chi connectivity index (χ0n) is 11.4. The van der Waals surface area contributed by atoms with Gasteiger partial charge in [-0.3, -0.25) is 9.69 Å². The van der Waals surface area contributed by atoms with Gasteiger partial charge in [0.25, 0.3) is 0 Å². The van der Waals surface area contributed by atoms with Crippen LogP contribution in [0.2, 0.25) is 0 Å². The Labute approximate surface area is 114 Å². The molecule has 4 nitrogen and oxygen atoms in total. The molecule has 0 bridgehead atoms. The van der Waals surface area contributed by atoms with Crippen molar-refractivity contribution in [3.8, 4) is 0 Å². The van der Waals surface area contributed by atoms with Crippen molar-refractivity contribution in [2.45, 2.75) is 37.9 Å². The topological polar surface area (TPSA) is 52.6 Å². The van der Waals surface area contributed by atoms with E-state index in [2.05, 4.69) is 22.3 Å². The van der Waals surface area contributed by atoms with E-state index in [9.17, 15) is 9.90 Å². The number of nitrogens with one attached hydrogen (secondary N) is 1. The monoisotopic (exact) mass is 262 g/mol. The van der Waals surface area contributed by atoms with Crippen LogP contribution in [0.4, 0.5) is 0 Å². The van der Waals surface area contributed by atoms with E-state index < -0.39 is 12.0 Å². The number of carboxylic acid groups (broad SMARTS) is 1. The van der Waals surface area contributed by atoms with E-state index in [-0.39, 0.29) is 6.04 Å². The van der Waals surface area contributed by atoms with Gasteiger partial charge in [0.05, 0.1) is 0 Å². The van der Waals surface area contributed by atoms with Gasteiger partial charge < -0.3 is 10.4 Å². The summed E-state index contributed by atoms with van der Waals surface area (Å²) < 4.78 is 0. The van der Waals surface area contributed by atoms with Gasteiger partial charge in [0.1, 0.15) is 6.04 Å². The first-order chi connectivity index (χ1) is 9.22. The smallest absolute Gasteiger partial charge is 0.322 e. The molecule has 2 unspecified atom stereocenters. The summed E-state index contributed by atoms with van der Waals surface area (Å²) in [6.07, 6.45) is 3.21. The number of likely N-dealkylation sites (tertiary alicyclic amines) is 1. The number of piperidine rings is 1. The van der Waals surface area contributed by atoms with E-state index in [1.54, 1.807) is 7.05 Å². The molecule has 4 heteroatoms. The standard InChI is InChI=1S/C15H22N2O2/c1-16-14(15(18)19)13-9-5-6-10-17(13)11-12-7-3-2-4-8-12/h2-4,7-8,13-14,16H,5-6,9-11H2,1H3,(H,18,19). The van der Waals surface area contributed by atoms with E-state index in [0.29, 0.717) is 0 Å². The number of hydrogen-bond acceptors (Lipinski definition) is 3. The summed E-state index contributed by atoms with van der Waals surface area (Å²) in [5.41, 5.74) is 1.25. The summed E-state index contributed by atoms with van der Waals surface area (Å²) in [5, 5.41) is 12.3. The molecule has 2 rings (SSSR count). The number of carbonyl (C=O) groups is 1. The summed E-state index contributed by atoms with van der Waals surface area (Å²) >= 11 is 0. The normalized spacial score (nSPS) is 22.1. The highest BCUT2D eigenvalue weighted by molar-refractivity contribution is 5.74. The molecule has 0 aliphatic carbocycles. The first kappa shape index (κ1) is 14.0. The van der Waals surface area contributed by atoms with Crippen LogP contribution in [0.25, 0.3) is 0 Å². The highest BCUT2D eigenvalue weighted by atomic mass is 16.4. The zero-order chi connectivity index (χ0) is 13.7. The second-order valence-corrected chi connectivity index (χ2v) is 5.12. The lowest BCUT2D eigenvalue weighted by molar-refractivity contribution is -0.141. The Morgan fingerprint density at radius 2 is 2.16 bits per heavy atom. The Morgan fingerprint density at radius 1 is 1.42 bits per heavy atom. The maximum atomic E-state index is 11.3. The maximum Gasteiger partial charge on any atom is 0.322 e. The largest absolute Gasteiger partial charge is 0.480 e. The maximum absolute atomic E-state index is 11.3. The Morgan fingerprint density at radius 3 is 2.79 bits per heavy atom. The second-order valence-electron chi connectivity index (χ2n) is 5.12. The summed E-state index contributed by atoms with van der Waals surface area (Å²) in [4.78, 5) is 13.6. The van der Waals surface area contributed by atoms with Crippen LogP contribution in [0.3, 0.4) is 0 Å². The third-order valence-corrected chi connectivity index (χ3v) is 3.85. The average molecular weight is 262 g/mol. The fourth-order valence-corrected chi connectivity index (χ4v) is 2.89. The van der Waals surface area contributed by atoms with Crippen LogP contribution in [0.5, 0.6) is 0 Å². The minimum Gasteiger partial charge on any atom is -0.480 e. The number of aliphatic carboxylic acids is 1. The van der Waals surface area contributed by atoms with E-state index >= 15 is 0 Å². The molecule has 0 aromatic heterocycles. The third-order valence-electron chi connectivity index (χ3n) is 3.85. The molecule has 1 aliphatic rings. The van der Waals surface area contributed by atoms with E-state index in [0.717, 1.165) is 32.4 Å². The number of benzene rings is 1. The van der Waals surface area contributed by atoms with Crippen LogP contribution in [0.15, 0.2) is 30.3 Å². The molecule has 2 N–H and O–H groups in total. The quantitative estimate of drug-likeness (QED) is 0.848. The summed E-state index contributed by atoms with van der Waals surface area (Å²) in [6.45, 7) is 1.81. The van der Waals surface area contributed by atoms with Gasteiger partial charge in [0.15, 0.2) is 0 Å². The molecule has 1 saturated heterocycles. The molecule has 1 aliphatic heterocycles. The highest BCUT2D eigenvalue weighted by Gasteiger charge is 2.33. The molecular formula is C15H22N2O2. The fraction of sp³-hybridized carbons (Fsp3) is 0.533. The fourth-order valence-electron chi connectivity index (χ4n) is 2.89. The number of rotatable bonds is 5. The lowest BCUT2D eigenvalue weighted by Crippen LogP contribution is -2.54. The first-order valence-corrected chi connectivity index (χ1v) is 6.90. The van der Waals surface area contributed by atoms with E-state index in [1.165, 1.54) is 5.56 Å². The van der Waals surface area contributed by atoms with Crippen LogP contribution >= 0.6 is 0 Å². The third kappa shape index (κ3) is 3.55. The van der Waals surface area contributed by atoms with Gasteiger partial charge in [-0.1, -0.05) is 36.8 Å². The predicted molar refractivity (Wildman–Crippen MR) is 75.0 cm³/mol. The zero-order valence-corrected chi connectivity index (χ0v) is 11.4. The van der Waals surface area contributed by atoms with Crippen LogP contribution in [-0.2, 0) is 11.3 Å². The van der Waals surface area contributed by atoms with Gasteiger partial charge in [-0.25, -0.2) is 0 Å². The lowest BCUT2D eigenvalue weighted by atomic mass is 9.95. The van der Waals surface area contributed by atoms with Crippen molar-refractivity contribution in [1.29, 1.82) is 0 Å². The molecule has 0 amide bonds. The number of carboxylic acids is 1. The molecule has 1 fully saturated rings. The van der Waals surface area contributed by atoms with Crippen LogP contribution in [0.1, 0.15) is 24.8 Å². The van der Waals surface area contributed by atoms with Crippen molar-refractivity contribution < 1.29 is 9.90 Å². The molecule has 104 valence electrons. The van der Waals surface area contributed by atoms with Gasteiger partial charge in [-0.05, 0) is 32.0 Å². The molecule has 2 atom stereocenters. The van der Waals surface area contributed by atoms with Crippen LogP contribution in [0, 0.1) is 0 Å². The molecule has 1 heterocycles. The summed E-state index contributed by atoms with van der Waals surface area (Å²) in [6, 6.07) is 9.86. The molecule has 19 heavy (non-hydrogen) atoms. The van der Waals surface area contributed by atoms with Gasteiger partial charge >= 0.3 is 5.97 Å². The SMILES string of the molecule is CNC(C(=O)O)C1CCCCN1Cc1ccccc1. The Kier molecular flexibility index (Phi) is 4.93. The molecule has 0 saturated carbocycles. The van der Waals surface area contributed by atoms with Crippen molar-refractivity contribution >= 4 is 5.97 Å². The molecule has 1 aromatic carbocycles. The lowest BCUT2D eigenvalue weighted by Gasteiger charge is -2.38. The molecule has 1 aromatic rings. The Hall–Kier alpha value is -1.39. The predicted octanol–water partition coefficient (Wildman–Crippen LogP) is 1.71. The van der Waals surface area contributed by atoms with E-state index in [4.69, 9.17) is 0 Å². The number of nitrogens with zero attached hydrogens (tertiary/aromatic N) is 1. The summed E-state index contributed by atoms with van der Waals surface area (Å²) in [5.74, 6) is -0.757. The number of likely N-dealkylation sites (N-methyl/N-ethyl adjacent to an activating group) is 1. The number of hydrogen-bond donors (Lipinski definition) is 2. The minimum absolute atomic E-state index is 0.0801. The van der Waals surface area contributed by atoms with Crippen molar-refractivity contribution in [3.05, 3.63) is 35.9 Å². The van der Waals surface area contributed by atoms with Gasteiger partial charge in [-0.15, -0.1) is 0 Å². The van der Waals surface area contributed by atoms with Crippen molar-refractivity contribution in [1.82, 2.24) is 10.2 Å². The van der Waals surface area contributed by atoms with Crippen molar-refractivity contribution in [3.63, 3.8) is 0 Å². The Bertz CT molecular complexity index is 408. The van der Waals surface area contributed by atoms with Crippen molar-refractivity contribution in [2.75, 3.05) is 13.6 Å². The van der Waals surface area contributed by atoms with Crippen LogP contribution < -0.4 is 5.32 Å². The van der Waals surface area contributed by atoms with Gasteiger partial charge in [0, 0.05) is 12.6 Å². The molecule has 0 spiro atoms. The second kappa shape index (κ2) is 6.68. The molecular weight excluding hydrogens is 240 g/mol. The van der Waals surface area contributed by atoms with Gasteiger partial charge in [-0.2, -0.15) is 0 Å².